The van der Waals surface area contributed by atoms with Gasteiger partial charge in [-0.05, 0) is 41.5 Å². The van der Waals surface area contributed by atoms with Gasteiger partial charge >= 0.3 is 0 Å². The maximum Gasteiger partial charge on any atom is 0.138 e. The van der Waals surface area contributed by atoms with Crippen molar-refractivity contribution in [3.05, 3.63) is 54.7 Å². The molecule has 4 aromatic rings. The van der Waals surface area contributed by atoms with Gasteiger partial charge in [0.15, 0.2) is 0 Å². The number of benzene rings is 2. The van der Waals surface area contributed by atoms with E-state index in [1.807, 2.05) is 18.3 Å². The first-order valence-electron chi connectivity index (χ1n) is 8.29. The van der Waals surface area contributed by atoms with E-state index in [1.54, 1.807) is 7.11 Å². The predicted molar refractivity (Wildman–Crippen MR) is 103 cm³/mol. The van der Waals surface area contributed by atoms with Crippen LogP contribution in [0.25, 0.3) is 33.1 Å². The van der Waals surface area contributed by atoms with Gasteiger partial charge in [-0.2, -0.15) is 0 Å². The number of nitrogens with two attached hydrogens (primary N) is 1. The Hall–Kier alpha value is -3.05. The molecule has 0 saturated carbocycles. The molecule has 0 aliphatic heterocycles. The fourth-order valence-corrected chi connectivity index (χ4v) is 3.18. The summed E-state index contributed by atoms with van der Waals surface area (Å²) in [6.07, 6.45) is 1.84. The molecule has 0 aliphatic carbocycles. The third-order valence-corrected chi connectivity index (χ3v) is 4.35. The summed E-state index contributed by atoms with van der Waals surface area (Å²) in [5, 5.41) is 5.59. The van der Waals surface area contributed by atoms with Crippen LogP contribution in [0.4, 0.5) is 5.69 Å². The molecule has 5 nitrogen and oxygen atoms in total. The van der Waals surface area contributed by atoms with Crippen LogP contribution < -0.4 is 15.8 Å². The average Bonchev–Trinajstić information content (AvgIpc) is 3.04. The van der Waals surface area contributed by atoms with Crippen LogP contribution in [0.3, 0.4) is 0 Å². The van der Waals surface area contributed by atoms with Crippen LogP contribution in [0.15, 0.2) is 54.7 Å². The number of hydrogen-bond donors (Lipinski definition) is 3. The van der Waals surface area contributed by atoms with E-state index in [2.05, 4.69) is 51.7 Å². The van der Waals surface area contributed by atoms with Gasteiger partial charge in [-0.25, -0.2) is 4.98 Å². The Morgan fingerprint density at radius 1 is 1.16 bits per heavy atom. The van der Waals surface area contributed by atoms with E-state index in [4.69, 9.17) is 10.5 Å². The minimum atomic E-state index is 0.605. The molecular formula is C20H20N4O. The minimum Gasteiger partial charge on any atom is -0.497 e. The Bertz CT molecular complexity index is 1040. The summed E-state index contributed by atoms with van der Waals surface area (Å²) >= 11 is 0. The van der Waals surface area contributed by atoms with Crippen LogP contribution in [0.1, 0.15) is 0 Å². The summed E-state index contributed by atoms with van der Waals surface area (Å²) < 4.78 is 5.33. The molecule has 5 heteroatoms. The van der Waals surface area contributed by atoms with Gasteiger partial charge in [-0.3, -0.25) is 0 Å². The topological polar surface area (TPSA) is 76.0 Å². The zero-order chi connectivity index (χ0) is 17.2. The Labute approximate surface area is 145 Å². The zero-order valence-electron chi connectivity index (χ0n) is 14.0. The first-order chi connectivity index (χ1) is 12.3. The molecule has 25 heavy (non-hydrogen) atoms. The van der Waals surface area contributed by atoms with Crippen molar-refractivity contribution in [3.8, 4) is 16.9 Å². The molecule has 0 fully saturated rings. The summed E-state index contributed by atoms with van der Waals surface area (Å²) in [7, 11) is 1.67. The van der Waals surface area contributed by atoms with Crippen LogP contribution in [0.5, 0.6) is 5.75 Å². The van der Waals surface area contributed by atoms with Crippen LogP contribution in [0.2, 0.25) is 0 Å². The van der Waals surface area contributed by atoms with Gasteiger partial charge in [0.1, 0.15) is 11.4 Å². The third kappa shape index (κ3) is 2.79. The highest BCUT2D eigenvalue weighted by molar-refractivity contribution is 6.13. The number of hydrogen-bond acceptors (Lipinski definition) is 4. The fraction of sp³-hybridized carbons (Fsp3) is 0.150. The lowest BCUT2D eigenvalue weighted by molar-refractivity contribution is 0.415. The van der Waals surface area contributed by atoms with E-state index in [1.165, 1.54) is 0 Å². The number of nitrogens with one attached hydrogen (secondary N) is 2. The summed E-state index contributed by atoms with van der Waals surface area (Å²) in [5.74, 6) is 0.827. The van der Waals surface area contributed by atoms with Crippen molar-refractivity contribution in [3.63, 3.8) is 0 Å². The highest BCUT2D eigenvalue weighted by atomic mass is 16.5. The minimum absolute atomic E-state index is 0.605. The summed E-state index contributed by atoms with van der Waals surface area (Å²) in [6, 6.07) is 16.5. The number of aromatic amines is 1. The van der Waals surface area contributed by atoms with Gasteiger partial charge in [-0.1, -0.05) is 12.1 Å². The second-order valence-corrected chi connectivity index (χ2v) is 5.91. The Balaban J connectivity index is 1.90. The van der Waals surface area contributed by atoms with Gasteiger partial charge < -0.3 is 20.8 Å². The molecule has 0 amide bonds. The smallest absolute Gasteiger partial charge is 0.138 e. The quantitative estimate of drug-likeness (QED) is 0.520. The number of pyridine rings is 1. The molecule has 0 spiro atoms. The van der Waals surface area contributed by atoms with E-state index in [0.29, 0.717) is 6.54 Å². The zero-order valence-corrected chi connectivity index (χ0v) is 14.0. The van der Waals surface area contributed by atoms with Crippen LogP contribution in [-0.4, -0.2) is 30.2 Å². The lowest BCUT2D eigenvalue weighted by atomic mass is 10.0. The van der Waals surface area contributed by atoms with Gasteiger partial charge in [0.25, 0.3) is 0 Å². The molecule has 2 aromatic heterocycles. The number of H-pyrrole nitrogens is 1. The number of nitrogens with zero attached hydrogens (tertiary/aromatic N) is 1. The van der Waals surface area contributed by atoms with Crippen molar-refractivity contribution in [2.75, 3.05) is 25.5 Å². The Kier molecular flexibility index (Phi) is 3.99. The number of rotatable bonds is 5. The van der Waals surface area contributed by atoms with Gasteiger partial charge in [0.05, 0.1) is 12.6 Å². The highest BCUT2D eigenvalue weighted by Crippen LogP contribution is 2.35. The van der Waals surface area contributed by atoms with Gasteiger partial charge in [0, 0.05) is 41.8 Å². The molecule has 0 radical (unpaired) electrons. The van der Waals surface area contributed by atoms with E-state index < -0.39 is 0 Å². The molecule has 126 valence electrons. The standard InChI is InChI=1S/C20H20N4O/c1-25-15-5-6-17-18(12-15)24-20-19(17)16(7-9-23-20)13-3-2-4-14(11-13)22-10-8-21/h2-7,9,11-12,22H,8,10,21H2,1H3,(H,23,24). The molecule has 0 saturated heterocycles. The first-order valence-corrected chi connectivity index (χ1v) is 8.29. The molecule has 2 aromatic carbocycles. The highest BCUT2D eigenvalue weighted by Gasteiger charge is 2.12. The SMILES string of the molecule is COc1ccc2c(c1)[nH]c1nccc(-c3cccc(NCCN)c3)c12. The number of methoxy groups -OCH3 is 1. The van der Waals surface area contributed by atoms with Crippen molar-refractivity contribution in [1.82, 2.24) is 9.97 Å². The summed E-state index contributed by atoms with van der Waals surface area (Å²) in [6.45, 7) is 1.36. The first kappa shape index (κ1) is 15.5. The fourth-order valence-electron chi connectivity index (χ4n) is 3.18. The summed E-state index contributed by atoms with van der Waals surface area (Å²) in [4.78, 5) is 7.89. The van der Waals surface area contributed by atoms with E-state index >= 15 is 0 Å². The van der Waals surface area contributed by atoms with Gasteiger partial charge in [-0.15, -0.1) is 0 Å². The number of fused-ring (bicyclic) bond motifs is 3. The summed E-state index contributed by atoms with van der Waals surface area (Å²) in [5.41, 5.74) is 10.8. The van der Waals surface area contributed by atoms with Crippen molar-refractivity contribution in [2.24, 2.45) is 5.73 Å². The lowest BCUT2D eigenvalue weighted by Crippen LogP contribution is -2.12. The number of ether oxygens (including phenoxy) is 1. The molecule has 0 bridgehead atoms. The molecule has 0 atom stereocenters. The van der Waals surface area contributed by atoms with E-state index in [-0.39, 0.29) is 0 Å². The molecule has 2 heterocycles. The largest absolute Gasteiger partial charge is 0.497 e. The van der Waals surface area contributed by atoms with Crippen molar-refractivity contribution < 1.29 is 4.74 Å². The average molecular weight is 332 g/mol. The second-order valence-electron chi connectivity index (χ2n) is 5.91. The lowest BCUT2D eigenvalue weighted by Gasteiger charge is -2.09. The number of anilines is 1. The van der Waals surface area contributed by atoms with Crippen LogP contribution in [0, 0.1) is 0 Å². The number of aromatic nitrogens is 2. The van der Waals surface area contributed by atoms with Crippen LogP contribution >= 0.6 is 0 Å². The van der Waals surface area contributed by atoms with Gasteiger partial charge in [0.2, 0.25) is 0 Å². The Morgan fingerprint density at radius 3 is 2.92 bits per heavy atom. The molecular weight excluding hydrogens is 312 g/mol. The van der Waals surface area contributed by atoms with E-state index in [9.17, 15) is 0 Å². The van der Waals surface area contributed by atoms with Crippen molar-refractivity contribution in [1.29, 1.82) is 0 Å². The molecule has 0 aliphatic rings. The van der Waals surface area contributed by atoms with E-state index in [0.717, 1.165) is 51.0 Å². The Morgan fingerprint density at radius 2 is 2.08 bits per heavy atom. The second kappa shape index (κ2) is 6.45. The maximum absolute atomic E-state index is 5.59. The molecule has 4 rings (SSSR count). The normalized spacial score (nSPS) is 11.1. The molecule has 0 unspecified atom stereocenters. The predicted octanol–water partition coefficient (Wildman–Crippen LogP) is 3.76. The molecule has 4 N–H and O–H groups in total. The van der Waals surface area contributed by atoms with Crippen molar-refractivity contribution in [2.45, 2.75) is 0 Å². The third-order valence-electron chi connectivity index (χ3n) is 4.35. The van der Waals surface area contributed by atoms with Crippen LogP contribution in [-0.2, 0) is 0 Å². The maximum atomic E-state index is 5.59. The monoisotopic (exact) mass is 332 g/mol. The van der Waals surface area contributed by atoms with Crippen molar-refractivity contribution >= 4 is 27.6 Å².